The molecule has 0 unspecified atom stereocenters. The zero-order chi connectivity index (χ0) is 18.4. The summed E-state index contributed by atoms with van der Waals surface area (Å²) in [5, 5.41) is 3.01. The largest absolute Gasteiger partial charge is 0.370 e. The highest BCUT2D eigenvalue weighted by Crippen LogP contribution is 2.28. The number of para-hydroxylation sites is 2. The second kappa shape index (κ2) is 8.99. The molecule has 0 saturated carbocycles. The zero-order valence-corrected chi connectivity index (χ0v) is 16.1. The van der Waals surface area contributed by atoms with E-state index in [1.807, 2.05) is 37.3 Å². The molecule has 4 nitrogen and oxygen atoms in total. The van der Waals surface area contributed by atoms with Gasteiger partial charge in [-0.2, -0.15) is 0 Å². The second-order valence-corrected chi connectivity index (χ2v) is 8.09. The average Bonchev–Trinajstić information content (AvgIpc) is 2.91. The maximum atomic E-state index is 12.4. The van der Waals surface area contributed by atoms with Crippen molar-refractivity contribution in [2.45, 2.75) is 45.4 Å². The third-order valence-electron chi connectivity index (χ3n) is 4.72. The van der Waals surface area contributed by atoms with Crippen LogP contribution in [0, 0.1) is 6.92 Å². The number of ketones is 1. The van der Waals surface area contributed by atoms with Crippen molar-refractivity contribution in [3.8, 4) is 0 Å². The SMILES string of the molecule is Cc1ccc(C(=O)CCC(=O)Nc2ccccc2N2CCCCCC2)s1. The second-order valence-electron chi connectivity index (χ2n) is 6.80. The van der Waals surface area contributed by atoms with Crippen molar-refractivity contribution in [2.24, 2.45) is 0 Å². The van der Waals surface area contributed by atoms with E-state index in [1.54, 1.807) is 0 Å². The normalized spacial score (nSPS) is 14.7. The molecule has 1 saturated heterocycles. The van der Waals surface area contributed by atoms with Crippen LogP contribution in [0.15, 0.2) is 36.4 Å². The van der Waals surface area contributed by atoms with Gasteiger partial charge in [0.05, 0.1) is 16.3 Å². The third-order valence-corrected chi connectivity index (χ3v) is 5.76. The molecule has 1 N–H and O–H groups in total. The van der Waals surface area contributed by atoms with Gasteiger partial charge >= 0.3 is 0 Å². The highest BCUT2D eigenvalue weighted by Gasteiger charge is 2.16. The quantitative estimate of drug-likeness (QED) is 0.725. The van der Waals surface area contributed by atoms with E-state index in [-0.39, 0.29) is 24.5 Å². The van der Waals surface area contributed by atoms with Crippen LogP contribution in [-0.2, 0) is 4.79 Å². The Bertz CT molecular complexity index is 761. The first kappa shape index (κ1) is 18.6. The molecule has 0 atom stereocenters. The maximum absolute atomic E-state index is 12.4. The van der Waals surface area contributed by atoms with Crippen molar-refractivity contribution in [1.82, 2.24) is 0 Å². The van der Waals surface area contributed by atoms with Crippen LogP contribution in [0.4, 0.5) is 11.4 Å². The predicted molar refractivity (Wildman–Crippen MR) is 108 cm³/mol. The number of hydrogen-bond donors (Lipinski definition) is 1. The minimum Gasteiger partial charge on any atom is -0.370 e. The molecule has 0 spiro atoms. The first-order valence-corrected chi connectivity index (χ1v) is 10.2. The minimum absolute atomic E-state index is 0.0408. The molecule has 5 heteroatoms. The number of aryl methyl sites for hydroxylation is 1. The topological polar surface area (TPSA) is 49.4 Å². The third kappa shape index (κ3) is 4.94. The molecule has 0 radical (unpaired) electrons. The van der Waals surface area contributed by atoms with E-state index in [1.165, 1.54) is 37.0 Å². The first-order valence-electron chi connectivity index (χ1n) is 9.37. The number of benzene rings is 1. The van der Waals surface area contributed by atoms with Gasteiger partial charge in [-0.1, -0.05) is 25.0 Å². The number of hydrogen-bond acceptors (Lipinski definition) is 4. The number of nitrogens with one attached hydrogen (secondary N) is 1. The molecular weight excluding hydrogens is 344 g/mol. The number of carbonyl (C=O) groups is 2. The van der Waals surface area contributed by atoms with Crippen molar-refractivity contribution in [3.63, 3.8) is 0 Å². The van der Waals surface area contributed by atoms with Crippen LogP contribution in [0.25, 0.3) is 0 Å². The van der Waals surface area contributed by atoms with Crippen LogP contribution in [0.1, 0.15) is 53.1 Å². The Morgan fingerprint density at radius 1 is 1.00 bits per heavy atom. The Balaban J connectivity index is 1.59. The smallest absolute Gasteiger partial charge is 0.224 e. The minimum atomic E-state index is -0.103. The van der Waals surface area contributed by atoms with E-state index in [0.717, 1.165) is 34.2 Å². The number of anilines is 2. The van der Waals surface area contributed by atoms with Gasteiger partial charge in [-0.3, -0.25) is 9.59 Å². The van der Waals surface area contributed by atoms with Gasteiger partial charge in [0.2, 0.25) is 5.91 Å². The summed E-state index contributed by atoms with van der Waals surface area (Å²) in [6.07, 6.45) is 5.39. The molecule has 0 aliphatic carbocycles. The van der Waals surface area contributed by atoms with Crippen molar-refractivity contribution >= 4 is 34.4 Å². The Hall–Kier alpha value is -2.14. The molecule has 1 aliphatic heterocycles. The van der Waals surface area contributed by atoms with Crippen molar-refractivity contribution in [3.05, 3.63) is 46.2 Å². The molecule has 26 heavy (non-hydrogen) atoms. The number of rotatable bonds is 6. The van der Waals surface area contributed by atoms with Gasteiger partial charge in [0, 0.05) is 30.8 Å². The van der Waals surface area contributed by atoms with Gasteiger partial charge in [-0.15, -0.1) is 11.3 Å². The Morgan fingerprint density at radius 3 is 2.42 bits per heavy atom. The van der Waals surface area contributed by atoms with E-state index >= 15 is 0 Å². The van der Waals surface area contributed by atoms with Gasteiger partial charge in [0.1, 0.15) is 0 Å². The molecule has 2 aromatic rings. The molecule has 2 heterocycles. The summed E-state index contributed by atoms with van der Waals surface area (Å²) in [5.41, 5.74) is 1.93. The van der Waals surface area contributed by atoms with Crippen molar-refractivity contribution < 1.29 is 9.59 Å². The molecule has 0 bridgehead atoms. The summed E-state index contributed by atoms with van der Waals surface area (Å²) in [5.74, 6) is -0.0621. The summed E-state index contributed by atoms with van der Waals surface area (Å²) < 4.78 is 0. The van der Waals surface area contributed by atoms with Crippen molar-refractivity contribution in [1.29, 1.82) is 0 Å². The van der Waals surface area contributed by atoms with Gasteiger partial charge in [0.25, 0.3) is 0 Å². The van der Waals surface area contributed by atoms with E-state index in [2.05, 4.69) is 16.3 Å². The Labute approximate surface area is 159 Å². The maximum Gasteiger partial charge on any atom is 0.224 e. The van der Waals surface area contributed by atoms with E-state index < -0.39 is 0 Å². The fraction of sp³-hybridized carbons (Fsp3) is 0.429. The van der Waals surface area contributed by atoms with Crippen LogP contribution in [0.3, 0.4) is 0 Å². The molecule has 1 fully saturated rings. The van der Waals surface area contributed by atoms with E-state index in [9.17, 15) is 9.59 Å². The predicted octanol–water partition coefficient (Wildman–Crippen LogP) is 5.04. The highest BCUT2D eigenvalue weighted by molar-refractivity contribution is 7.14. The fourth-order valence-corrected chi connectivity index (χ4v) is 4.15. The lowest BCUT2D eigenvalue weighted by Gasteiger charge is -2.25. The molecule has 1 aromatic heterocycles. The van der Waals surface area contributed by atoms with E-state index in [4.69, 9.17) is 0 Å². The summed E-state index contributed by atoms with van der Waals surface area (Å²) in [4.78, 5) is 28.8. The van der Waals surface area contributed by atoms with Crippen LogP contribution >= 0.6 is 11.3 Å². The molecular formula is C21H26N2O2S. The van der Waals surface area contributed by atoms with Crippen LogP contribution in [0.5, 0.6) is 0 Å². The molecule has 1 aliphatic rings. The highest BCUT2D eigenvalue weighted by atomic mass is 32.1. The zero-order valence-electron chi connectivity index (χ0n) is 15.3. The number of thiophene rings is 1. The summed E-state index contributed by atoms with van der Waals surface area (Å²) in [7, 11) is 0. The number of carbonyl (C=O) groups excluding carboxylic acids is 2. The van der Waals surface area contributed by atoms with Crippen molar-refractivity contribution in [2.75, 3.05) is 23.3 Å². The number of Topliss-reactive ketones (excluding diaryl/α,β-unsaturated/α-hetero) is 1. The Kier molecular flexibility index (Phi) is 6.45. The average molecular weight is 371 g/mol. The summed E-state index contributed by atoms with van der Waals surface area (Å²) >= 11 is 1.49. The van der Waals surface area contributed by atoms with Gasteiger partial charge in [-0.25, -0.2) is 0 Å². The fourth-order valence-electron chi connectivity index (χ4n) is 3.31. The lowest BCUT2D eigenvalue weighted by Crippen LogP contribution is -2.25. The molecule has 1 aromatic carbocycles. The first-order chi connectivity index (χ1) is 12.6. The Morgan fingerprint density at radius 2 is 1.73 bits per heavy atom. The molecule has 1 amide bonds. The molecule has 3 rings (SSSR count). The van der Waals surface area contributed by atoms with Gasteiger partial charge in [0.15, 0.2) is 5.78 Å². The standard InChI is InChI=1S/C21H26N2O2S/c1-16-10-12-20(26-16)19(24)11-13-21(25)22-17-8-4-5-9-18(17)23-14-6-2-3-7-15-23/h4-5,8-10,12H,2-3,6-7,11,13-15H2,1H3,(H,22,25). The number of nitrogens with zero attached hydrogens (tertiary/aromatic N) is 1. The lowest BCUT2D eigenvalue weighted by atomic mass is 10.1. The van der Waals surface area contributed by atoms with Crippen LogP contribution in [-0.4, -0.2) is 24.8 Å². The van der Waals surface area contributed by atoms with Crippen LogP contribution < -0.4 is 10.2 Å². The summed E-state index contributed by atoms with van der Waals surface area (Å²) in [6.45, 7) is 4.04. The van der Waals surface area contributed by atoms with Crippen LogP contribution in [0.2, 0.25) is 0 Å². The number of amides is 1. The monoisotopic (exact) mass is 370 g/mol. The lowest BCUT2D eigenvalue weighted by molar-refractivity contribution is -0.116. The summed E-state index contributed by atoms with van der Waals surface area (Å²) in [6, 6.07) is 11.8. The molecule has 138 valence electrons. The van der Waals surface area contributed by atoms with Gasteiger partial charge in [-0.05, 0) is 44.0 Å². The van der Waals surface area contributed by atoms with Gasteiger partial charge < -0.3 is 10.2 Å². The van der Waals surface area contributed by atoms with E-state index in [0.29, 0.717) is 0 Å².